The van der Waals surface area contributed by atoms with E-state index in [2.05, 4.69) is 10.6 Å². The average Bonchev–Trinajstić information content (AvgIpc) is 2.70. The molecule has 2 N–H and O–H groups in total. The fourth-order valence-electron chi connectivity index (χ4n) is 2.77. The molecular weight excluding hydrogens is 364 g/mol. The highest BCUT2D eigenvalue weighted by molar-refractivity contribution is 6.34. The van der Waals surface area contributed by atoms with Crippen LogP contribution in [-0.2, 0) is 0 Å². The third-order valence-electron chi connectivity index (χ3n) is 4.09. The first-order valence-electron chi connectivity index (χ1n) is 8.52. The summed E-state index contributed by atoms with van der Waals surface area (Å²) < 4.78 is 11.1. The van der Waals surface area contributed by atoms with Crippen LogP contribution in [-0.4, -0.2) is 19.1 Å². The first-order chi connectivity index (χ1) is 13.2. The van der Waals surface area contributed by atoms with E-state index in [-0.39, 0.29) is 5.91 Å². The third kappa shape index (κ3) is 3.99. The maximum Gasteiger partial charge on any atom is 0.257 e. The number of rotatable bonds is 4. The monoisotopic (exact) mass is 380 g/mol. The number of amides is 1. The van der Waals surface area contributed by atoms with Gasteiger partial charge in [-0.2, -0.15) is 0 Å². The number of halogens is 1. The van der Waals surface area contributed by atoms with Crippen LogP contribution in [0.1, 0.15) is 10.4 Å². The van der Waals surface area contributed by atoms with Crippen LogP contribution in [0, 0.1) is 0 Å². The molecule has 0 atom stereocenters. The predicted octanol–water partition coefficient (Wildman–Crippen LogP) is 5.11. The van der Waals surface area contributed by atoms with Gasteiger partial charge in [0, 0.05) is 23.1 Å². The highest BCUT2D eigenvalue weighted by Crippen LogP contribution is 2.33. The summed E-state index contributed by atoms with van der Waals surface area (Å²) in [4.78, 5) is 12.3. The Morgan fingerprint density at radius 3 is 2.26 bits per heavy atom. The molecule has 0 saturated carbocycles. The van der Waals surface area contributed by atoms with Gasteiger partial charge in [-0.1, -0.05) is 23.7 Å². The van der Waals surface area contributed by atoms with Gasteiger partial charge >= 0.3 is 0 Å². The summed E-state index contributed by atoms with van der Waals surface area (Å²) in [5, 5.41) is 6.57. The summed E-state index contributed by atoms with van der Waals surface area (Å²) in [7, 11) is 0. The lowest BCUT2D eigenvalue weighted by Crippen LogP contribution is -2.15. The molecule has 5 nitrogen and oxygen atoms in total. The number of fused-ring (bicyclic) bond motifs is 1. The third-order valence-corrected chi connectivity index (χ3v) is 4.42. The van der Waals surface area contributed by atoms with Crippen molar-refractivity contribution in [2.24, 2.45) is 0 Å². The Kier molecular flexibility index (Phi) is 4.85. The Labute approximate surface area is 161 Å². The molecule has 27 heavy (non-hydrogen) atoms. The number of nitrogens with one attached hydrogen (secondary N) is 2. The lowest BCUT2D eigenvalue weighted by atomic mass is 10.2. The smallest absolute Gasteiger partial charge is 0.257 e. The van der Waals surface area contributed by atoms with Crippen molar-refractivity contribution in [3.8, 4) is 11.5 Å². The minimum absolute atomic E-state index is 0.242. The van der Waals surface area contributed by atoms with Gasteiger partial charge in [0.2, 0.25) is 0 Å². The van der Waals surface area contributed by atoms with Gasteiger partial charge in [0.15, 0.2) is 11.5 Å². The van der Waals surface area contributed by atoms with Gasteiger partial charge in [-0.15, -0.1) is 0 Å². The van der Waals surface area contributed by atoms with Crippen LogP contribution >= 0.6 is 11.6 Å². The fourth-order valence-corrected chi connectivity index (χ4v) is 2.99. The van der Waals surface area contributed by atoms with Gasteiger partial charge in [-0.05, 0) is 48.5 Å². The summed E-state index contributed by atoms with van der Waals surface area (Å²) >= 11 is 6.06. The maximum atomic E-state index is 12.3. The van der Waals surface area contributed by atoms with Crippen molar-refractivity contribution in [1.82, 2.24) is 0 Å². The van der Waals surface area contributed by atoms with Gasteiger partial charge in [-0.3, -0.25) is 4.79 Å². The molecule has 0 unspecified atom stereocenters. The first kappa shape index (κ1) is 17.2. The van der Waals surface area contributed by atoms with E-state index in [4.69, 9.17) is 21.1 Å². The number of ether oxygens (including phenoxy) is 2. The molecule has 1 aliphatic rings. The Morgan fingerprint density at radius 2 is 1.48 bits per heavy atom. The van der Waals surface area contributed by atoms with Crippen molar-refractivity contribution in [3.05, 3.63) is 77.3 Å². The molecular formula is C21H17ClN2O3. The van der Waals surface area contributed by atoms with Crippen molar-refractivity contribution in [3.63, 3.8) is 0 Å². The molecule has 0 aliphatic carbocycles. The normalized spacial score (nSPS) is 12.3. The van der Waals surface area contributed by atoms with E-state index in [0.29, 0.717) is 29.5 Å². The van der Waals surface area contributed by atoms with Gasteiger partial charge in [0.25, 0.3) is 5.91 Å². The molecule has 0 aromatic heterocycles. The van der Waals surface area contributed by atoms with Crippen molar-refractivity contribution in [1.29, 1.82) is 0 Å². The molecule has 6 heteroatoms. The number of carbonyl (C=O) groups excluding carboxylic acids is 1. The molecule has 0 bridgehead atoms. The van der Waals surface area contributed by atoms with E-state index in [1.807, 2.05) is 42.5 Å². The maximum absolute atomic E-state index is 12.3. The second-order valence-electron chi connectivity index (χ2n) is 5.99. The minimum Gasteiger partial charge on any atom is -0.486 e. The zero-order chi connectivity index (χ0) is 18.6. The Balaban J connectivity index is 1.43. The Bertz CT molecular complexity index is 973. The highest BCUT2D eigenvalue weighted by atomic mass is 35.5. The number of hydrogen-bond donors (Lipinski definition) is 2. The molecule has 3 aromatic rings. The molecule has 1 aliphatic heterocycles. The summed E-state index contributed by atoms with van der Waals surface area (Å²) in [6.07, 6.45) is 0. The second-order valence-corrected chi connectivity index (χ2v) is 6.40. The first-order valence-corrected chi connectivity index (χ1v) is 8.89. The highest BCUT2D eigenvalue weighted by Gasteiger charge is 2.12. The summed E-state index contributed by atoms with van der Waals surface area (Å²) in [6.45, 7) is 1.12. The lowest BCUT2D eigenvalue weighted by molar-refractivity contribution is 0.102. The SMILES string of the molecule is O=C(Nc1ccc(Nc2ccc3c(c2)OCCO3)cc1)c1ccccc1Cl. The molecule has 1 amide bonds. The van der Waals surface area contributed by atoms with Gasteiger partial charge < -0.3 is 20.1 Å². The number of anilines is 3. The molecule has 4 rings (SSSR count). The Morgan fingerprint density at radius 1 is 0.815 bits per heavy atom. The van der Waals surface area contributed by atoms with Crippen molar-refractivity contribution in [2.45, 2.75) is 0 Å². The van der Waals surface area contributed by atoms with E-state index in [0.717, 1.165) is 22.9 Å². The minimum atomic E-state index is -0.242. The van der Waals surface area contributed by atoms with Gasteiger partial charge in [0.1, 0.15) is 13.2 Å². The van der Waals surface area contributed by atoms with E-state index < -0.39 is 0 Å². The van der Waals surface area contributed by atoms with E-state index >= 15 is 0 Å². The number of carbonyl (C=O) groups is 1. The van der Waals surface area contributed by atoms with Gasteiger partial charge in [0.05, 0.1) is 10.6 Å². The van der Waals surface area contributed by atoms with Crippen molar-refractivity contribution >= 4 is 34.6 Å². The Hall–Kier alpha value is -3.18. The van der Waals surface area contributed by atoms with E-state index in [9.17, 15) is 4.79 Å². The molecule has 0 saturated heterocycles. The van der Waals surface area contributed by atoms with Crippen molar-refractivity contribution in [2.75, 3.05) is 23.8 Å². The van der Waals surface area contributed by atoms with Crippen LogP contribution in [0.5, 0.6) is 11.5 Å². The molecule has 136 valence electrons. The number of benzene rings is 3. The summed E-state index contributed by atoms with van der Waals surface area (Å²) in [5.41, 5.74) is 2.92. The quantitative estimate of drug-likeness (QED) is 0.660. The van der Waals surface area contributed by atoms with Crippen LogP contribution in [0.15, 0.2) is 66.7 Å². The standard InChI is InChI=1S/C21H17ClN2O3/c22-18-4-2-1-3-17(18)21(25)24-15-7-5-14(6-8-15)23-16-9-10-19-20(13-16)27-12-11-26-19/h1-10,13,23H,11-12H2,(H,24,25). The molecule has 0 spiro atoms. The largest absolute Gasteiger partial charge is 0.486 e. The molecule has 3 aromatic carbocycles. The van der Waals surface area contributed by atoms with Crippen molar-refractivity contribution < 1.29 is 14.3 Å². The summed E-state index contributed by atoms with van der Waals surface area (Å²) in [5.74, 6) is 1.24. The zero-order valence-corrected chi connectivity index (χ0v) is 15.1. The lowest BCUT2D eigenvalue weighted by Gasteiger charge is -2.19. The molecule has 0 fully saturated rings. The second kappa shape index (κ2) is 7.60. The van der Waals surface area contributed by atoms with Crippen LogP contribution in [0.4, 0.5) is 17.1 Å². The molecule has 1 heterocycles. The topological polar surface area (TPSA) is 59.6 Å². The zero-order valence-electron chi connectivity index (χ0n) is 14.4. The van der Waals surface area contributed by atoms with Crippen LogP contribution in [0.2, 0.25) is 5.02 Å². The number of hydrogen-bond acceptors (Lipinski definition) is 4. The van der Waals surface area contributed by atoms with Gasteiger partial charge in [-0.25, -0.2) is 0 Å². The van der Waals surface area contributed by atoms with Crippen LogP contribution in [0.3, 0.4) is 0 Å². The molecule has 0 radical (unpaired) electrons. The van der Waals surface area contributed by atoms with Crippen LogP contribution < -0.4 is 20.1 Å². The van der Waals surface area contributed by atoms with Crippen LogP contribution in [0.25, 0.3) is 0 Å². The fraction of sp³-hybridized carbons (Fsp3) is 0.0952. The van der Waals surface area contributed by atoms with E-state index in [1.54, 1.807) is 24.3 Å². The van der Waals surface area contributed by atoms with E-state index in [1.165, 1.54) is 0 Å². The summed E-state index contributed by atoms with van der Waals surface area (Å²) in [6, 6.07) is 20.1. The average molecular weight is 381 g/mol. The predicted molar refractivity (Wildman–Crippen MR) is 107 cm³/mol.